The minimum absolute atomic E-state index is 0.00611. The Labute approximate surface area is 154 Å². The molecular weight excluding hydrogens is 345 g/mol. The van der Waals surface area contributed by atoms with E-state index in [0.717, 1.165) is 30.4 Å². The van der Waals surface area contributed by atoms with Crippen molar-refractivity contribution >= 4 is 7.75 Å². The van der Waals surface area contributed by atoms with Crippen molar-refractivity contribution in [3.05, 3.63) is 57.6 Å². The number of hydrogen-bond donors (Lipinski definition) is 1. The van der Waals surface area contributed by atoms with Crippen LogP contribution in [-0.4, -0.2) is 0 Å². The average molecular weight is 369 g/mol. The van der Waals surface area contributed by atoms with Gasteiger partial charge in [0.2, 0.25) is 0 Å². The standard InChI is InChI=1S/C21H24NO3P/c1-12-7-14-5-6-21-11-20(3,4)15-8-13(2)10-17(19(15)21)25-26(22,23)24-16(9-12)18(14)21/h7-10H,5-6,11H2,1-4H3,(H2,22,23). The zero-order chi connectivity index (χ0) is 18.5. The van der Waals surface area contributed by atoms with Crippen LogP contribution in [0.3, 0.4) is 0 Å². The van der Waals surface area contributed by atoms with Crippen molar-refractivity contribution in [3.63, 3.8) is 0 Å². The van der Waals surface area contributed by atoms with Gasteiger partial charge in [0.25, 0.3) is 0 Å². The smallest absolute Gasteiger partial charge is 0.404 e. The first-order valence-electron chi connectivity index (χ1n) is 9.19. The molecule has 0 amide bonds. The van der Waals surface area contributed by atoms with Gasteiger partial charge in [-0.25, -0.2) is 10.1 Å². The summed E-state index contributed by atoms with van der Waals surface area (Å²) in [5.41, 5.74) is 12.9. The van der Waals surface area contributed by atoms with Gasteiger partial charge in [-0.1, -0.05) is 26.0 Å². The highest BCUT2D eigenvalue weighted by Crippen LogP contribution is 2.65. The van der Waals surface area contributed by atoms with E-state index in [1.807, 2.05) is 26.0 Å². The van der Waals surface area contributed by atoms with E-state index in [-0.39, 0.29) is 10.8 Å². The van der Waals surface area contributed by atoms with Crippen LogP contribution in [0.5, 0.6) is 11.5 Å². The second kappa shape index (κ2) is 4.74. The Balaban J connectivity index is 1.94. The fourth-order valence-corrected chi connectivity index (χ4v) is 6.50. The molecule has 3 aliphatic rings. The van der Waals surface area contributed by atoms with Gasteiger partial charge in [0.05, 0.1) is 0 Å². The molecule has 1 spiro atoms. The van der Waals surface area contributed by atoms with Crippen LogP contribution in [0.1, 0.15) is 60.1 Å². The van der Waals surface area contributed by atoms with Gasteiger partial charge in [0.1, 0.15) is 11.5 Å². The number of hydrogen-bond acceptors (Lipinski definition) is 3. The molecule has 1 aliphatic heterocycles. The van der Waals surface area contributed by atoms with Crippen LogP contribution in [0, 0.1) is 13.8 Å². The first-order chi connectivity index (χ1) is 12.1. The van der Waals surface area contributed by atoms with Crippen LogP contribution in [-0.2, 0) is 21.8 Å². The van der Waals surface area contributed by atoms with E-state index in [9.17, 15) is 4.57 Å². The molecule has 0 saturated heterocycles. The van der Waals surface area contributed by atoms with Crippen molar-refractivity contribution in [2.75, 3.05) is 0 Å². The van der Waals surface area contributed by atoms with Crippen molar-refractivity contribution in [2.24, 2.45) is 5.50 Å². The Morgan fingerprint density at radius 1 is 1.00 bits per heavy atom. The number of rotatable bonds is 0. The lowest BCUT2D eigenvalue weighted by Crippen LogP contribution is -2.27. The zero-order valence-corrected chi connectivity index (χ0v) is 16.6. The molecule has 5 rings (SSSR count). The first-order valence-corrected chi connectivity index (χ1v) is 10.8. The molecule has 0 aromatic heterocycles. The highest BCUT2D eigenvalue weighted by atomic mass is 31.2. The summed E-state index contributed by atoms with van der Waals surface area (Å²) in [6.45, 7) is 8.65. The SMILES string of the molecule is Cc1cc2c3c(c1)OP(N)(=O)Oc1cc(C)cc4c1C3(CC2)CC4(C)C. The van der Waals surface area contributed by atoms with E-state index in [2.05, 4.69) is 26.0 Å². The second-order valence-electron chi connectivity index (χ2n) is 8.85. The molecule has 5 heteroatoms. The fourth-order valence-electron chi connectivity index (χ4n) is 5.62. The number of nitrogens with two attached hydrogens (primary N) is 1. The summed E-state index contributed by atoms with van der Waals surface area (Å²) in [5.74, 6) is 1.27. The van der Waals surface area contributed by atoms with Crippen LogP contribution in [0.15, 0.2) is 24.3 Å². The van der Waals surface area contributed by atoms with Gasteiger partial charge < -0.3 is 9.05 Å². The molecule has 2 aromatic rings. The molecule has 136 valence electrons. The highest BCUT2D eigenvalue weighted by Gasteiger charge is 2.56. The Kier molecular flexibility index (Phi) is 2.99. The maximum absolute atomic E-state index is 12.9. The molecule has 2 aliphatic carbocycles. The molecule has 26 heavy (non-hydrogen) atoms. The van der Waals surface area contributed by atoms with Crippen LogP contribution in [0.2, 0.25) is 0 Å². The van der Waals surface area contributed by atoms with Crippen molar-refractivity contribution in [1.82, 2.24) is 0 Å². The largest absolute Gasteiger partial charge is 0.510 e. The van der Waals surface area contributed by atoms with E-state index in [0.29, 0.717) is 11.5 Å². The molecular formula is C21H24NO3P. The summed E-state index contributed by atoms with van der Waals surface area (Å²) in [6, 6.07) is 8.41. The van der Waals surface area contributed by atoms with E-state index >= 15 is 0 Å². The van der Waals surface area contributed by atoms with Crippen molar-refractivity contribution in [1.29, 1.82) is 0 Å². The monoisotopic (exact) mass is 369 g/mol. The Hall–Kier alpha value is -1.77. The summed E-state index contributed by atoms with van der Waals surface area (Å²) in [4.78, 5) is 0. The van der Waals surface area contributed by atoms with Gasteiger partial charge in [0.15, 0.2) is 0 Å². The molecule has 2 aromatic carbocycles. The van der Waals surface area contributed by atoms with Gasteiger partial charge in [-0.15, -0.1) is 0 Å². The second-order valence-corrected chi connectivity index (χ2v) is 10.3. The third-order valence-corrected chi connectivity index (χ3v) is 7.18. The number of aryl methyl sites for hydroxylation is 3. The third-order valence-electron chi connectivity index (χ3n) is 6.28. The van der Waals surface area contributed by atoms with Crippen LogP contribution in [0.4, 0.5) is 0 Å². The Morgan fingerprint density at radius 3 is 2.31 bits per heavy atom. The minimum Gasteiger partial charge on any atom is -0.404 e. The summed E-state index contributed by atoms with van der Waals surface area (Å²) in [6.07, 6.45) is 3.01. The lowest BCUT2D eigenvalue weighted by molar-refractivity contribution is 0.350. The molecule has 2 atom stereocenters. The Morgan fingerprint density at radius 2 is 1.62 bits per heavy atom. The molecule has 1 heterocycles. The van der Waals surface area contributed by atoms with E-state index in [4.69, 9.17) is 14.6 Å². The maximum Gasteiger partial charge on any atom is 0.510 e. The van der Waals surface area contributed by atoms with Gasteiger partial charge >= 0.3 is 7.75 Å². The molecule has 0 fully saturated rings. The topological polar surface area (TPSA) is 61.5 Å². The zero-order valence-electron chi connectivity index (χ0n) is 15.7. The van der Waals surface area contributed by atoms with Crippen LogP contribution in [0.25, 0.3) is 0 Å². The highest BCUT2D eigenvalue weighted by molar-refractivity contribution is 7.52. The van der Waals surface area contributed by atoms with Crippen LogP contribution < -0.4 is 14.6 Å². The van der Waals surface area contributed by atoms with Crippen LogP contribution >= 0.6 is 7.75 Å². The van der Waals surface area contributed by atoms with Crippen molar-refractivity contribution in [3.8, 4) is 11.5 Å². The van der Waals surface area contributed by atoms with Gasteiger partial charge in [-0.3, -0.25) is 0 Å². The van der Waals surface area contributed by atoms with Crippen molar-refractivity contribution < 1.29 is 13.6 Å². The van der Waals surface area contributed by atoms with E-state index < -0.39 is 7.75 Å². The predicted octanol–water partition coefficient (Wildman–Crippen LogP) is 5.06. The summed E-state index contributed by atoms with van der Waals surface area (Å²) >= 11 is 0. The first kappa shape index (κ1) is 16.4. The van der Waals surface area contributed by atoms with Gasteiger partial charge in [-0.05, 0) is 72.9 Å². The molecule has 0 saturated carbocycles. The molecule has 4 nitrogen and oxygen atoms in total. The number of benzene rings is 2. The summed E-state index contributed by atoms with van der Waals surface area (Å²) in [7, 11) is -3.74. The molecule has 2 N–H and O–H groups in total. The van der Waals surface area contributed by atoms with E-state index in [1.165, 1.54) is 22.3 Å². The lowest BCUT2D eigenvalue weighted by atomic mass is 9.73. The van der Waals surface area contributed by atoms with E-state index in [1.54, 1.807) is 0 Å². The summed E-state index contributed by atoms with van der Waals surface area (Å²) in [5, 5.41) is 0. The summed E-state index contributed by atoms with van der Waals surface area (Å²) < 4.78 is 24.6. The molecule has 0 radical (unpaired) electrons. The van der Waals surface area contributed by atoms with Gasteiger partial charge in [0, 0.05) is 16.5 Å². The Bertz CT molecular complexity index is 1030. The van der Waals surface area contributed by atoms with Gasteiger partial charge in [-0.2, -0.15) is 0 Å². The third kappa shape index (κ3) is 2.03. The quantitative estimate of drug-likeness (QED) is 0.660. The predicted molar refractivity (Wildman–Crippen MR) is 102 cm³/mol. The lowest BCUT2D eigenvalue weighted by Gasteiger charge is -2.34. The normalized spacial score (nSPS) is 29.9. The van der Waals surface area contributed by atoms with Crippen molar-refractivity contribution in [2.45, 2.75) is 57.8 Å². The fraction of sp³-hybridized carbons (Fsp3) is 0.429. The molecule has 0 bridgehead atoms. The molecule has 2 unspecified atom stereocenters. The average Bonchev–Trinajstić information content (AvgIpc) is 2.93. The minimum atomic E-state index is -3.74. The maximum atomic E-state index is 12.9.